The molecule has 3 heteroatoms. The van der Waals surface area contributed by atoms with Crippen molar-refractivity contribution >= 4 is 29.0 Å². The molecular weight excluding hydrogens is 435 g/mol. The second-order valence-corrected chi connectivity index (χ2v) is 11.7. The molecule has 2 nitrogen and oxygen atoms in total. The van der Waals surface area contributed by atoms with Gasteiger partial charge in [0.05, 0.1) is 5.54 Å². The van der Waals surface area contributed by atoms with E-state index in [-0.39, 0.29) is 17.7 Å². The van der Waals surface area contributed by atoms with Crippen molar-refractivity contribution in [2.45, 2.75) is 64.3 Å². The molecule has 1 fully saturated rings. The number of likely N-dealkylation sites (N-methyl/N-ethyl adjacent to an activating group) is 1. The van der Waals surface area contributed by atoms with Crippen molar-refractivity contribution in [3.05, 3.63) is 95.2 Å². The fraction of sp³-hybridized carbons (Fsp3) is 0.333. The number of rotatable bonds is 1. The number of anilines is 2. The molecule has 1 saturated carbocycles. The normalized spacial score (nSPS) is 27.1. The molecular formula is C33H35BN2. The van der Waals surface area contributed by atoms with Crippen LogP contribution in [0.5, 0.6) is 0 Å². The van der Waals surface area contributed by atoms with E-state index < -0.39 is 0 Å². The predicted molar refractivity (Wildman–Crippen MR) is 155 cm³/mol. The van der Waals surface area contributed by atoms with Crippen LogP contribution in [0.4, 0.5) is 11.4 Å². The minimum Gasteiger partial charge on any atom is -0.345 e. The molecule has 36 heavy (non-hydrogen) atoms. The Morgan fingerprint density at radius 2 is 1.53 bits per heavy atom. The average Bonchev–Trinajstić information content (AvgIpc) is 3.12. The minimum absolute atomic E-state index is 0.120. The topological polar surface area (TPSA) is 6.48 Å². The molecule has 0 aromatic heterocycles. The van der Waals surface area contributed by atoms with E-state index >= 15 is 0 Å². The van der Waals surface area contributed by atoms with E-state index in [1.54, 1.807) is 5.56 Å². The van der Waals surface area contributed by atoms with Crippen LogP contribution in [-0.4, -0.2) is 19.3 Å². The Kier molecular flexibility index (Phi) is 4.54. The van der Waals surface area contributed by atoms with Gasteiger partial charge >= 0.3 is 0 Å². The van der Waals surface area contributed by atoms with Gasteiger partial charge in [-0.2, -0.15) is 0 Å². The molecule has 0 spiro atoms. The number of benzene rings is 3. The zero-order valence-electron chi connectivity index (χ0n) is 22.2. The Hall–Kier alpha value is -3.20. The van der Waals surface area contributed by atoms with Crippen LogP contribution >= 0.6 is 0 Å². The SMILES string of the molecule is C/C=C1\C2=C(C)N3c4c(cccc4C4(C)CCCCC34C)B2c2cccc(-c3ccccc3)c2N1C. The Labute approximate surface area is 216 Å². The van der Waals surface area contributed by atoms with Crippen molar-refractivity contribution in [1.29, 1.82) is 0 Å². The molecule has 1 aliphatic carbocycles. The van der Waals surface area contributed by atoms with Crippen molar-refractivity contribution in [1.82, 2.24) is 0 Å². The number of nitrogens with zero attached hydrogens (tertiary/aromatic N) is 2. The van der Waals surface area contributed by atoms with Crippen LogP contribution in [0.3, 0.4) is 0 Å². The van der Waals surface area contributed by atoms with E-state index in [0.717, 1.165) is 0 Å². The second-order valence-electron chi connectivity index (χ2n) is 11.7. The van der Waals surface area contributed by atoms with Gasteiger partial charge in [0.1, 0.15) is 0 Å². The van der Waals surface area contributed by atoms with Crippen LogP contribution in [0, 0.1) is 0 Å². The van der Waals surface area contributed by atoms with Crippen molar-refractivity contribution in [2.24, 2.45) is 0 Å². The number of hydrogen-bond donors (Lipinski definition) is 0. The molecule has 3 aromatic rings. The highest BCUT2D eigenvalue weighted by molar-refractivity contribution is 6.94. The molecule has 2 unspecified atom stereocenters. The summed E-state index contributed by atoms with van der Waals surface area (Å²) in [5.41, 5.74) is 14.5. The Morgan fingerprint density at radius 3 is 2.28 bits per heavy atom. The number of para-hydroxylation sites is 2. The highest BCUT2D eigenvalue weighted by Gasteiger charge is 2.60. The van der Waals surface area contributed by atoms with E-state index in [0.29, 0.717) is 0 Å². The number of fused-ring (bicyclic) bond motifs is 7. The van der Waals surface area contributed by atoms with Crippen LogP contribution in [0.15, 0.2) is 89.7 Å². The molecule has 3 heterocycles. The van der Waals surface area contributed by atoms with Gasteiger partial charge in [-0.1, -0.05) is 92.6 Å². The molecule has 3 aliphatic heterocycles. The van der Waals surface area contributed by atoms with Gasteiger partial charge in [-0.15, -0.1) is 0 Å². The van der Waals surface area contributed by atoms with E-state index in [2.05, 4.69) is 117 Å². The smallest absolute Gasteiger partial charge is 0.251 e. The lowest BCUT2D eigenvalue weighted by Gasteiger charge is -2.53. The molecule has 7 rings (SSSR count). The molecule has 0 saturated heterocycles. The minimum atomic E-state index is 0.120. The van der Waals surface area contributed by atoms with Gasteiger partial charge in [0.15, 0.2) is 0 Å². The maximum Gasteiger partial charge on any atom is 0.251 e. The Morgan fingerprint density at radius 1 is 0.833 bits per heavy atom. The standard InChI is InChI=1S/C33H35BN2/c1-6-28-29-22(2)36-31-25(32(3)20-10-11-21-33(32,36)4)17-13-19-27(31)34(29)26-18-12-16-24(30(26)35(28)5)23-14-8-7-9-15-23/h6-9,12-19H,10-11,20-21H2,1-5H3/b28-6+. The summed E-state index contributed by atoms with van der Waals surface area (Å²) in [6, 6.07) is 25.0. The summed E-state index contributed by atoms with van der Waals surface area (Å²) in [5, 5.41) is 0. The van der Waals surface area contributed by atoms with Gasteiger partial charge in [0.2, 0.25) is 0 Å². The average molecular weight is 470 g/mol. The Bertz CT molecular complexity index is 1470. The maximum absolute atomic E-state index is 2.78. The van der Waals surface area contributed by atoms with Crippen LogP contribution in [-0.2, 0) is 5.41 Å². The largest absolute Gasteiger partial charge is 0.345 e. The zero-order chi connectivity index (χ0) is 24.8. The lowest BCUT2D eigenvalue weighted by molar-refractivity contribution is 0.191. The third-order valence-electron chi connectivity index (χ3n) is 10.2. The van der Waals surface area contributed by atoms with Gasteiger partial charge in [0.25, 0.3) is 6.71 Å². The van der Waals surface area contributed by atoms with Crippen LogP contribution < -0.4 is 20.7 Å². The van der Waals surface area contributed by atoms with Gasteiger partial charge in [-0.05, 0) is 61.1 Å². The lowest BCUT2D eigenvalue weighted by Crippen LogP contribution is -2.61. The summed E-state index contributed by atoms with van der Waals surface area (Å²) in [4.78, 5) is 5.24. The number of allylic oxidation sites excluding steroid dienone is 3. The van der Waals surface area contributed by atoms with E-state index in [1.807, 2.05) is 0 Å². The van der Waals surface area contributed by atoms with Crippen molar-refractivity contribution < 1.29 is 0 Å². The predicted octanol–water partition coefficient (Wildman–Crippen LogP) is 6.55. The van der Waals surface area contributed by atoms with Gasteiger partial charge in [-0.3, -0.25) is 0 Å². The van der Waals surface area contributed by atoms with Gasteiger partial charge < -0.3 is 9.80 Å². The third-order valence-corrected chi connectivity index (χ3v) is 10.2. The first kappa shape index (κ1) is 22.0. The second kappa shape index (κ2) is 7.41. The summed E-state index contributed by atoms with van der Waals surface area (Å²) in [6.45, 7) is 9.96. The molecule has 0 bridgehead atoms. The third kappa shape index (κ3) is 2.49. The first-order valence-electron chi connectivity index (χ1n) is 13.7. The molecule has 0 N–H and O–H groups in total. The summed E-state index contributed by atoms with van der Waals surface area (Å²) < 4.78 is 0. The maximum atomic E-state index is 2.78. The highest BCUT2D eigenvalue weighted by Crippen LogP contribution is 2.60. The van der Waals surface area contributed by atoms with Crippen molar-refractivity contribution in [3.63, 3.8) is 0 Å². The van der Waals surface area contributed by atoms with E-state index in [4.69, 9.17) is 0 Å². The number of hydrogen-bond acceptors (Lipinski definition) is 2. The fourth-order valence-electron chi connectivity index (χ4n) is 8.36. The molecule has 0 radical (unpaired) electrons. The molecule has 0 amide bonds. The quantitative estimate of drug-likeness (QED) is 0.372. The molecule has 3 aromatic carbocycles. The first-order valence-corrected chi connectivity index (χ1v) is 13.7. The van der Waals surface area contributed by atoms with Gasteiger partial charge in [-0.25, -0.2) is 0 Å². The Balaban J connectivity index is 1.56. The van der Waals surface area contributed by atoms with Crippen LogP contribution in [0.2, 0.25) is 0 Å². The summed E-state index contributed by atoms with van der Waals surface area (Å²) in [7, 11) is 2.26. The summed E-state index contributed by atoms with van der Waals surface area (Å²) >= 11 is 0. The summed E-state index contributed by atoms with van der Waals surface area (Å²) in [5.74, 6) is 0. The van der Waals surface area contributed by atoms with E-state index in [1.165, 1.54) is 76.0 Å². The molecule has 180 valence electrons. The highest BCUT2D eigenvalue weighted by atomic mass is 15.3. The van der Waals surface area contributed by atoms with Crippen LogP contribution in [0.1, 0.15) is 58.9 Å². The van der Waals surface area contributed by atoms with E-state index in [9.17, 15) is 0 Å². The summed E-state index contributed by atoms with van der Waals surface area (Å²) in [6.07, 6.45) is 7.51. The zero-order valence-corrected chi connectivity index (χ0v) is 22.2. The van der Waals surface area contributed by atoms with Crippen molar-refractivity contribution in [2.75, 3.05) is 16.8 Å². The first-order chi connectivity index (χ1) is 17.4. The fourth-order valence-corrected chi connectivity index (χ4v) is 8.36. The molecule has 2 atom stereocenters. The van der Waals surface area contributed by atoms with Crippen LogP contribution in [0.25, 0.3) is 11.1 Å². The lowest BCUT2D eigenvalue weighted by atomic mass is 9.32. The molecule has 4 aliphatic rings. The monoisotopic (exact) mass is 470 g/mol. The van der Waals surface area contributed by atoms with Gasteiger partial charge in [0, 0.05) is 40.8 Å². The van der Waals surface area contributed by atoms with Crippen molar-refractivity contribution in [3.8, 4) is 11.1 Å².